The smallest absolute Gasteiger partial charge is 1.00 e. The van der Waals surface area contributed by atoms with Crippen LogP contribution in [-0.2, 0) is 25.8 Å². The van der Waals surface area contributed by atoms with E-state index in [4.69, 9.17) is 0 Å². The van der Waals surface area contributed by atoms with E-state index in [0.29, 0.717) is 11.8 Å². The molecule has 40 heavy (non-hydrogen) atoms. The van der Waals surface area contributed by atoms with Gasteiger partial charge in [-0.2, -0.15) is 46.5 Å². The Hall–Kier alpha value is 0.367. The molecule has 4 rings (SSSR count). The minimum atomic E-state index is 0. The maximum Gasteiger partial charge on any atom is 4.00 e. The van der Waals surface area contributed by atoms with E-state index in [-0.39, 0.29) is 50.7 Å². The van der Waals surface area contributed by atoms with Gasteiger partial charge >= 0.3 is 25.8 Å². The Kier molecular flexibility index (Phi) is 25.3. The molecule has 4 heteroatoms. The van der Waals surface area contributed by atoms with Gasteiger partial charge in [-0.3, -0.25) is 0 Å². The molecule has 0 amide bonds. The monoisotopic (exact) mass is 771 g/mol. The van der Waals surface area contributed by atoms with Crippen molar-refractivity contribution < 1.29 is 50.7 Å². The molecular weight excluding hydrogens is 710 g/mol. The van der Waals surface area contributed by atoms with E-state index >= 15 is 0 Å². The van der Waals surface area contributed by atoms with E-state index in [2.05, 4.69) is 91.8 Å². The number of halogens is 2. The summed E-state index contributed by atoms with van der Waals surface area (Å²) in [6.07, 6.45) is 18.1. The fraction of sp³-hybridized carbons (Fsp3) is 0.722. The zero-order valence-corrected chi connectivity index (χ0v) is 33.5. The molecule has 2 aromatic rings. The minimum absolute atomic E-state index is 0. The molecule has 2 aromatic carbocycles. The second kappa shape index (κ2) is 23.8. The molecule has 0 aliphatic heterocycles. The van der Waals surface area contributed by atoms with Crippen molar-refractivity contribution in [3.05, 3.63) is 58.7 Å². The van der Waals surface area contributed by atoms with Crippen LogP contribution in [0.25, 0.3) is 0 Å². The van der Waals surface area contributed by atoms with Crippen LogP contribution in [0.2, 0.25) is 11.1 Å². The van der Waals surface area contributed by atoms with Gasteiger partial charge in [-0.05, 0) is 22.9 Å². The summed E-state index contributed by atoms with van der Waals surface area (Å²) in [4.78, 5) is 0. The quantitative estimate of drug-likeness (QED) is 0.228. The van der Waals surface area contributed by atoms with Crippen molar-refractivity contribution in [2.24, 2.45) is 0 Å². The SMILES string of the molecule is C1CCC([SiH]C2CCCCC2)CC1.CCC(C)c1c[cH-]c(C(C)C)c1.CCC(C)c1c[cH-]c(C(C)C)c1.[Cl-].[Cl-].[Hf+4]. The Morgan fingerprint density at radius 2 is 0.950 bits per heavy atom. The van der Waals surface area contributed by atoms with Gasteiger partial charge < -0.3 is 24.8 Å². The fourth-order valence-corrected chi connectivity index (χ4v) is 8.29. The van der Waals surface area contributed by atoms with Gasteiger partial charge in [0.15, 0.2) is 0 Å². The number of hydrogen-bond donors (Lipinski definition) is 0. The predicted molar refractivity (Wildman–Crippen MR) is 170 cm³/mol. The topological polar surface area (TPSA) is 0 Å². The van der Waals surface area contributed by atoms with E-state index in [1.165, 1.54) is 59.0 Å². The summed E-state index contributed by atoms with van der Waals surface area (Å²) in [6.45, 7) is 18.1. The van der Waals surface area contributed by atoms with E-state index in [1.807, 2.05) is 0 Å². The Labute approximate surface area is 284 Å². The van der Waals surface area contributed by atoms with Crippen LogP contribution in [0, 0.1) is 0 Å². The third kappa shape index (κ3) is 15.7. The molecular formula is C36H61Cl2HfSi. The second-order valence-corrected chi connectivity index (χ2v) is 15.1. The molecule has 0 N–H and O–H groups in total. The van der Waals surface area contributed by atoms with Crippen molar-refractivity contribution in [3.8, 4) is 0 Å². The van der Waals surface area contributed by atoms with Gasteiger partial charge in [0.25, 0.3) is 0 Å². The summed E-state index contributed by atoms with van der Waals surface area (Å²) < 4.78 is 0. The molecule has 2 fully saturated rings. The Morgan fingerprint density at radius 1 is 0.625 bits per heavy atom. The van der Waals surface area contributed by atoms with Crippen molar-refractivity contribution in [1.29, 1.82) is 0 Å². The first kappa shape index (κ1) is 42.5. The minimum Gasteiger partial charge on any atom is -1.00 e. The van der Waals surface area contributed by atoms with Crippen LogP contribution < -0.4 is 24.8 Å². The molecule has 0 bridgehead atoms. The predicted octanol–water partition coefficient (Wildman–Crippen LogP) is 6.02. The summed E-state index contributed by atoms with van der Waals surface area (Å²) in [5.74, 6) is 2.78. The summed E-state index contributed by atoms with van der Waals surface area (Å²) >= 11 is 0. The first-order valence-electron chi connectivity index (χ1n) is 16.1. The Balaban J connectivity index is 0. The van der Waals surface area contributed by atoms with Crippen molar-refractivity contribution >= 4 is 9.52 Å². The summed E-state index contributed by atoms with van der Waals surface area (Å²) in [6, 6.07) is 13.7. The summed E-state index contributed by atoms with van der Waals surface area (Å²) in [5, 5.41) is 0. The van der Waals surface area contributed by atoms with E-state index < -0.39 is 0 Å². The molecule has 2 aliphatic rings. The van der Waals surface area contributed by atoms with Crippen LogP contribution in [0.5, 0.6) is 0 Å². The molecule has 0 saturated heterocycles. The normalized spacial score (nSPS) is 17.2. The van der Waals surface area contributed by atoms with Gasteiger partial charge in [-0.15, -0.1) is 0 Å². The second-order valence-electron chi connectivity index (χ2n) is 12.9. The summed E-state index contributed by atoms with van der Waals surface area (Å²) in [7, 11) is 0.825. The standard InChI is InChI=1S/C12H23Si.2C12H19.2ClH.Hf/c1-3-7-11(8-4-1)13-12-9-5-2-6-10-12;2*1-5-10(4)12-7-6-11(8-12)9(2)3;;;/h11-13H,1-10H2;2*6-10H,5H2,1-4H3;2*1H;/q;2*-1;;;+4/p-2. The van der Waals surface area contributed by atoms with Crippen molar-refractivity contribution in [3.63, 3.8) is 0 Å². The maximum atomic E-state index is 2.35. The Morgan fingerprint density at radius 3 is 1.20 bits per heavy atom. The van der Waals surface area contributed by atoms with Gasteiger partial charge in [0.05, 0.1) is 0 Å². The van der Waals surface area contributed by atoms with Crippen molar-refractivity contribution in [2.75, 3.05) is 0 Å². The molecule has 1 radical (unpaired) electrons. The van der Waals surface area contributed by atoms with E-state index in [1.54, 1.807) is 51.4 Å². The van der Waals surface area contributed by atoms with Crippen LogP contribution in [0.15, 0.2) is 36.4 Å². The van der Waals surface area contributed by atoms with Crippen LogP contribution in [0.3, 0.4) is 0 Å². The molecule has 0 nitrogen and oxygen atoms in total. The largest absolute Gasteiger partial charge is 4.00 e. The molecule has 0 spiro atoms. The van der Waals surface area contributed by atoms with E-state index in [0.717, 1.165) is 21.4 Å². The number of hydrogen-bond acceptors (Lipinski definition) is 0. The van der Waals surface area contributed by atoms with Crippen LogP contribution >= 0.6 is 0 Å². The third-order valence-corrected chi connectivity index (χ3v) is 11.6. The zero-order valence-electron chi connectivity index (χ0n) is 27.2. The molecule has 2 aliphatic carbocycles. The van der Waals surface area contributed by atoms with Crippen LogP contribution in [0.1, 0.15) is 178 Å². The van der Waals surface area contributed by atoms with Gasteiger partial charge in [0.2, 0.25) is 0 Å². The average Bonchev–Trinajstić information content (AvgIpc) is 3.61. The molecule has 0 heterocycles. The third-order valence-electron chi connectivity index (χ3n) is 9.14. The van der Waals surface area contributed by atoms with Gasteiger partial charge in [-0.1, -0.05) is 144 Å². The van der Waals surface area contributed by atoms with Gasteiger partial charge in [0, 0.05) is 9.52 Å². The van der Waals surface area contributed by atoms with Crippen LogP contribution in [-0.4, -0.2) is 9.52 Å². The zero-order chi connectivity index (χ0) is 27.2. The number of rotatable bonds is 8. The molecule has 2 unspecified atom stereocenters. The average molecular weight is 771 g/mol. The maximum absolute atomic E-state index is 2.35. The molecule has 2 atom stereocenters. The van der Waals surface area contributed by atoms with Crippen molar-refractivity contribution in [1.82, 2.24) is 0 Å². The molecule has 227 valence electrons. The molecule has 2 saturated carbocycles. The fourth-order valence-electron chi connectivity index (χ4n) is 5.80. The summed E-state index contributed by atoms with van der Waals surface area (Å²) in [5.41, 5.74) is 8.37. The Bertz CT molecular complexity index is 759. The first-order chi connectivity index (χ1) is 17.7. The van der Waals surface area contributed by atoms with Crippen molar-refractivity contribution in [2.45, 2.75) is 167 Å². The molecule has 0 aromatic heterocycles. The van der Waals surface area contributed by atoms with E-state index in [9.17, 15) is 0 Å². The first-order valence-corrected chi connectivity index (χ1v) is 17.5. The van der Waals surface area contributed by atoms with Gasteiger partial charge in [0.1, 0.15) is 0 Å². The van der Waals surface area contributed by atoms with Gasteiger partial charge in [-0.25, -0.2) is 12.1 Å². The van der Waals surface area contributed by atoms with Crippen LogP contribution in [0.4, 0.5) is 0 Å².